The van der Waals surface area contributed by atoms with Crippen molar-refractivity contribution in [2.75, 3.05) is 30.9 Å². The maximum Gasteiger partial charge on any atom is 0.335 e. The number of carboxylic acids is 1. The van der Waals surface area contributed by atoms with Gasteiger partial charge in [-0.2, -0.15) is 4.98 Å². The summed E-state index contributed by atoms with van der Waals surface area (Å²) < 4.78 is 5.06. The molecule has 7 heteroatoms. The summed E-state index contributed by atoms with van der Waals surface area (Å²) in [6.07, 6.45) is 0. The van der Waals surface area contributed by atoms with Crippen molar-refractivity contribution in [2.45, 2.75) is 0 Å². The second-order valence-corrected chi connectivity index (χ2v) is 5.34. The number of rotatable bonds is 7. The van der Waals surface area contributed by atoms with Crippen LogP contribution in [0.3, 0.4) is 0 Å². The van der Waals surface area contributed by atoms with E-state index in [4.69, 9.17) is 9.84 Å². The van der Waals surface area contributed by atoms with E-state index in [2.05, 4.69) is 20.6 Å². The fourth-order valence-corrected chi connectivity index (χ4v) is 2.36. The highest BCUT2D eigenvalue weighted by molar-refractivity contribution is 5.90. The summed E-state index contributed by atoms with van der Waals surface area (Å²) in [5.74, 6) is 0.187. The Morgan fingerprint density at radius 1 is 1.12 bits per heavy atom. The molecule has 128 valence electrons. The molecule has 0 saturated heterocycles. The predicted molar refractivity (Wildman–Crippen MR) is 96.6 cm³/mol. The van der Waals surface area contributed by atoms with E-state index in [0.717, 1.165) is 10.9 Å². The summed E-state index contributed by atoms with van der Waals surface area (Å²) in [6.45, 7) is 1.20. The van der Waals surface area contributed by atoms with Gasteiger partial charge >= 0.3 is 5.97 Å². The van der Waals surface area contributed by atoms with E-state index in [9.17, 15) is 4.79 Å². The third-order valence-corrected chi connectivity index (χ3v) is 3.59. The van der Waals surface area contributed by atoms with Crippen LogP contribution in [0.15, 0.2) is 48.5 Å². The number of nitrogens with one attached hydrogen (secondary N) is 2. The molecule has 1 aromatic heterocycles. The molecule has 0 aliphatic rings. The van der Waals surface area contributed by atoms with Crippen LogP contribution in [-0.2, 0) is 4.74 Å². The molecule has 3 N–H and O–H groups in total. The Labute approximate surface area is 144 Å². The SMILES string of the molecule is COCCNc1nc(Nc2ccc(C(=O)O)cc2)nc2ccccc12. The molecule has 3 rings (SSSR count). The molecule has 0 radical (unpaired) electrons. The zero-order valence-corrected chi connectivity index (χ0v) is 13.7. The fraction of sp³-hybridized carbons (Fsp3) is 0.167. The number of methoxy groups -OCH3 is 1. The van der Waals surface area contributed by atoms with Crippen molar-refractivity contribution < 1.29 is 14.6 Å². The van der Waals surface area contributed by atoms with Crippen molar-refractivity contribution in [3.05, 3.63) is 54.1 Å². The van der Waals surface area contributed by atoms with Gasteiger partial charge in [-0.3, -0.25) is 0 Å². The largest absolute Gasteiger partial charge is 0.478 e. The topological polar surface area (TPSA) is 96.4 Å². The molecule has 2 aromatic carbocycles. The lowest BCUT2D eigenvalue weighted by molar-refractivity contribution is 0.0697. The molecule has 0 aliphatic heterocycles. The summed E-state index contributed by atoms with van der Waals surface area (Å²) >= 11 is 0. The first kappa shape index (κ1) is 16.7. The van der Waals surface area contributed by atoms with Crippen LogP contribution in [0.2, 0.25) is 0 Å². The van der Waals surface area contributed by atoms with E-state index in [-0.39, 0.29) is 5.56 Å². The molecule has 0 unspecified atom stereocenters. The van der Waals surface area contributed by atoms with Crippen LogP contribution in [0, 0.1) is 0 Å². The monoisotopic (exact) mass is 338 g/mol. The van der Waals surface area contributed by atoms with E-state index in [1.807, 2.05) is 24.3 Å². The first-order valence-electron chi connectivity index (χ1n) is 7.77. The van der Waals surface area contributed by atoms with Gasteiger partial charge in [-0.05, 0) is 36.4 Å². The lowest BCUT2D eigenvalue weighted by Gasteiger charge is -2.11. The Morgan fingerprint density at radius 3 is 2.60 bits per heavy atom. The number of carboxylic acid groups (broad SMARTS) is 1. The third-order valence-electron chi connectivity index (χ3n) is 3.59. The first-order chi connectivity index (χ1) is 12.2. The maximum absolute atomic E-state index is 10.9. The molecular weight excluding hydrogens is 320 g/mol. The molecule has 25 heavy (non-hydrogen) atoms. The number of benzene rings is 2. The van der Waals surface area contributed by atoms with Gasteiger partial charge in [-0.15, -0.1) is 0 Å². The Bertz CT molecular complexity index is 881. The number of ether oxygens (including phenoxy) is 1. The number of fused-ring (bicyclic) bond motifs is 1. The fourth-order valence-electron chi connectivity index (χ4n) is 2.36. The van der Waals surface area contributed by atoms with Crippen LogP contribution >= 0.6 is 0 Å². The molecule has 0 fully saturated rings. The average molecular weight is 338 g/mol. The Morgan fingerprint density at radius 2 is 1.88 bits per heavy atom. The van der Waals surface area contributed by atoms with Gasteiger partial charge in [0.15, 0.2) is 0 Å². The van der Waals surface area contributed by atoms with Crippen molar-refractivity contribution in [1.29, 1.82) is 0 Å². The number of hydrogen-bond acceptors (Lipinski definition) is 6. The average Bonchev–Trinajstić information content (AvgIpc) is 2.62. The van der Waals surface area contributed by atoms with Crippen molar-refractivity contribution in [3.63, 3.8) is 0 Å². The Kier molecular flexibility index (Phi) is 5.06. The minimum absolute atomic E-state index is 0.229. The van der Waals surface area contributed by atoms with Gasteiger partial charge in [0.25, 0.3) is 0 Å². The second kappa shape index (κ2) is 7.59. The van der Waals surface area contributed by atoms with Gasteiger partial charge in [-0.1, -0.05) is 12.1 Å². The quantitative estimate of drug-likeness (QED) is 0.569. The number of aromatic nitrogens is 2. The normalized spacial score (nSPS) is 10.6. The molecule has 0 amide bonds. The van der Waals surface area contributed by atoms with Crippen molar-refractivity contribution in [2.24, 2.45) is 0 Å². The molecule has 3 aromatic rings. The van der Waals surface area contributed by atoms with Gasteiger partial charge in [0.2, 0.25) is 5.95 Å². The highest BCUT2D eigenvalue weighted by Gasteiger charge is 2.08. The summed E-state index contributed by atoms with van der Waals surface area (Å²) in [5.41, 5.74) is 1.75. The molecule has 0 spiro atoms. The van der Waals surface area contributed by atoms with E-state index in [1.165, 1.54) is 12.1 Å². The molecule has 0 saturated carbocycles. The van der Waals surface area contributed by atoms with Crippen molar-refractivity contribution in [1.82, 2.24) is 9.97 Å². The zero-order valence-electron chi connectivity index (χ0n) is 13.7. The molecule has 1 heterocycles. The number of hydrogen-bond donors (Lipinski definition) is 3. The minimum atomic E-state index is -0.960. The maximum atomic E-state index is 10.9. The minimum Gasteiger partial charge on any atom is -0.478 e. The van der Waals surface area contributed by atoms with Gasteiger partial charge in [0.1, 0.15) is 5.82 Å². The zero-order chi connectivity index (χ0) is 17.6. The van der Waals surface area contributed by atoms with Crippen LogP contribution in [-0.4, -0.2) is 41.3 Å². The Balaban J connectivity index is 1.88. The standard InChI is InChI=1S/C18H18N4O3/c1-25-11-10-19-16-14-4-2-3-5-15(14)21-18(22-16)20-13-8-6-12(7-9-13)17(23)24/h2-9H,10-11H2,1H3,(H,23,24)(H2,19,20,21,22). The molecule has 0 aliphatic carbocycles. The lowest BCUT2D eigenvalue weighted by Crippen LogP contribution is -2.10. The van der Waals surface area contributed by atoms with E-state index < -0.39 is 5.97 Å². The van der Waals surface area contributed by atoms with Crippen molar-refractivity contribution >= 4 is 34.3 Å². The van der Waals surface area contributed by atoms with E-state index in [0.29, 0.717) is 30.6 Å². The number of para-hydroxylation sites is 1. The van der Waals surface area contributed by atoms with Crippen LogP contribution in [0.5, 0.6) is 0 Å². The molecular formula is C18H18N4O3. The van der Waals surface area contributed by atoms with E-state index in [1.54, 1.807) is 19.2 Å². The Hall–Kier alpha value is -3.19. The van der Waals surface area contributed by atoms with E-state index >= 15 is 0 Å². The number of aromatic carboxylic acids is 1. The highest BCUT2D eigenvalue weighted by atomic mass is 16.5. The summed E-state index contributed by atoms with van der Waals surface area (Å²) in [7, 11) is 1.65. The van der Waals surface area contributed by atoms with Gasteiger partial charge in [0.05, 0.1) is 17.7 Å². The highest BCUT2D eigenvalue weighted by Crippen LogP contribution is 2.23. The number of anilines is 3. The van der Waals surface area contributed by atoms with Crippen LogP contribution in [0.1, 0.15) is 10.4 Å². The molecule has 0 bridgehead atoms. The predicted octanol–water partition coefficient (Wildman–Crippen LogP) is 3.13. The van der Waals surface area contributed by atoms with Gasteiger partial charge in [-0.25, -0.2) is 9.78 Å². The third kappa shape index (κ3) is 4.02. The van der Waals surface area contributed by atoms with Gasteiger partial charge in [0, 0.05) is 24.7 Å². The molecule has 0 atom stereocenters. The van der Waals surface area contributed by atoms with Crippen LogP contribution in [0.4, 0.5) is 17.5 Å². The summed E-state index contributed by atoms with van der Waals surface area (Å²) in [5, 5.41) is 16.2. The number of carbonyl (C=O) groups is 1. The molecule has 7 nitrogen and oxygen atoms in total. The smallest absolute Gasteiger partial charge is 0.335 e. The first-order valence-corrected chi connectivity index (χ1v) is 7.77. The summed E-state index contributed by atoms with van der Waals surface area (Å²) in [4.78, 5) is 20.0. The number of nitrogens with zero attached hydrogens (tertiary/aromatic N) is 2. The van der Waals surface area contributed by atoms with Crippen molar-refractivity contribution in [3.8, 4) is 0 Å². The summed E-state index contributed by atoms with van der Waals surface area (Å²) in [6, 6.07) is 14.1. The van der Waals surface area contributed by atoms with Gasteiger partial charge < -0.3 is 20.5 Å². The lowest BCUT2D eigenvalue weighted by atomic mass is 10.2. The van der Waals surface area contributed by atoms with Crippen LogP contribution in [0.25, 0.3) is 10.9 Å². The second-order valence-electron chi connectivity index (χ2n) is 5.34. The van der Waals surface area contributed by atoms with Crippen LogP contribution < -0.4 is 10.6 Å².